The highest BCUT2D eigenvalue weighted by atomic mass is 35.5. The van der Waals surface area contributed by atoms with Gasteiger partial charge in [0.25, 0.3) is 0 Å². The first-order valence-electron chi connectivity index (χ1n) is 8.69. The minimum absolute atomic E-state index is 0.255. The third-order valence-electron chi connectivity index (χ3n) is 5.40. The maximum Gasteiger partial charge on any atom is 0.236 e. The van der Waals surface area contributed by atoms with Crippen LogP contribution in [-0.2, 0) is 4.79 Å². The van der Waals surface area contributed by atoms with Gasteiger partial charge < -0.3 is 9.80 Å². The zero-order valence-electron chi connectivity index (χ0n) is 14.5. The molecule has 2 fully saturated rings. The number of hydrogen-bond donors (Lipinski definition) is 0. The molecule has 2 aliphatic rings. The predicted octanol–water partition coefficient (Wildman–Crippen LogP) is 1.90. The van der Waals surface area contributed by atoms with Crippen molar-refractivity contribution in [1.29, 1.82) is 0 Å². The Bertz CT molecular complexity index is 559. The molecule has 1 aromatic heterocycles. The summed E-state index contributed by atoms with van der Waals surface area (Å²) in [6.45, 7) is 3.48. The van der Waals surface area contributed by atoms with E-state index in [1.807, 2.05) is 11.9 Å². The number of rotatable bonds is 4. The van der Waals surface area contributed by atoms with E-state index in [1.54, 1.807) is 12.4 Å². The number of carbonyl (C=O) groups excluding carboxylic acids is 1. The van der Waals surface area contributed by atoms with Crippen LogP contribution in [0.1, 0.15) is 25.7 Å². The van der Waals surface area contributed by atoms with Gasteiger partial charge in [-0.05, 0) is 43.2 Å². The van der Waals surface area contributed by atoms with Crippen LogP contribution in [0.5, 0.6) is 0 Å². The molecule has 3 rings (SSSR count). The molecule has 1 saturated carbocycles. The zero-order chi connectivity index (χ0) is 17.1. The summed E-state index contributed by atoms with van der Waals surface area (Å²) in [4.78, 5) is 26.4. The second-order valence-corrected chi connectivity index (χ2v) is 7.39. The van der Waals surface area contributed by atoms with E-state index in [1.165, 1.54) is 25.7 Å². The molecule has 0 N–H and O–H groups in total. The topological polar surface area (TPSA) is 52.6 Å². The van der Waals surface area contributed by atoms with Gasteiger partial charge in [-0.15, -0.1) is 0 Å². The molecule has 2 heterocycles. The van der Waals surface area contributed by atoms with Crippen molar-refractivity contribution in [3.63, 3.8) is 0 Å². The quantitative estimate of drug-likeness (QED) is 0.775. The average Bonchev–Trinajstić information content (AvgIpc) is 2.58. The van der Waals surface area contributed by atoms with E-state index in [0.29, 0.717) is 18.5 Å². The lowest BCUT2D eigenvalue weighted by molar-refractivity contribution is -0.135. The Kier molecular flexibility index (Phi) is 5.56. The van der Waals surface area contributed by atoms with Gasteiger partial charge in [0.15, 0.2) is 0 Å². The number of likely N-dealkylation sites (N-methyl/N-ethyl adjacent to an activating group) is 1. The SMILES string of the molecule is CN1CCN(C2CCC(CN(C)c3cnc(Cl)nc3)CC2)CC1=O. The largest absolute Gasteiger partial charge is 0.372 e. The van der Waals surface area contributed by atoms with E-state index in [2.05, 4.69) is 26.8 Å². The number of aromatic nitrogens is 2. The van der Waals surface area contributed by atoms with Crippen LogP contribution in [0.25, 0.3) is 0 Å². The monoisotopic (exact) mass is 351 g/mol. The van der Waals surface area contributed by atoms with Crippen LogP contribution in [0.4, 0.5) is 5.69 Å². The zero-order valence-corrected chi connectivity index (χ0v) is 15.2. The normalized spacial score (nSPS) is 25.8. The fourth-order valence-electron chi connectivity index (χ4n) is 3.78. The average molecular weight is 352 g/mol. The van der Waals surface area contributed by atoms with E-state index in [0.717, 1.165) is 25.3 Å². The minimum Gasteiger partial charge on any atom is -0.372 e. The number of hydrogen-bond acceptors (Lipinski definition) is 5. The van der Waals surface area contributed by atoms with E-state index in [9.17, 15) is 4.79 Å². The maximum atomic E-state index is 11.9. The Morgan fingerprint density at radius 1 is 1.21 bits per heavy atom. The summed E-state index contributed by atoms with van der Waals surface area (Å²) in [6, 6.07) is 0.572. The summed E-state index contributed by atoms with van der Waals surface area (Å²) < 4.78 is 0. The van der Waals surface area contributed by atoms with Crippen molar-refractivity contribution in [3.8, 4) is 0 Å². The Labute approximate surface area is 148 Å². The number of anilines is 1. The summed E-state index contributed by atoms with van der Waals surface area (Å²) in [5, 5.41) is 0.286. The molecule has 0 radical (unpaired) electrons. The predicted molar refractivity (Wildman–Crippen MR) is 95.3 cm³/mol. The number of amides is 1. The van der Waals surface area contributed by atoms with Crippen LogP contribution in [0.2, 0.25) is 5.28 Å². The molecule has 0 bridgehead atoms. The Morgan fingerprint density at radius 3 is 2.50 bits per heavy atom. The van der Waals surface area contributed by atoms with Crippen LogP contribution in [0, 0.1) is 5.92 Å². The summed E-state index contributed by atoms with van der Waals surface area (Å²) >= 11 is 5.75. The highest BCUT2D eigenvalue weighted by molar-refractivity contribution is 6.28. The molecule has 6 nitrogen and oxygen atoms in total. The number of nitrogens with zero attached hydrogens (tertiary/aromatic N) is 5. The van der Waals surface area contributed by atoms with Crippen molar-refractivity contribution < 1.29 is 4.79 Å². The first kappa shape index (κ1) is 17.4. The van der Waals surface area contributed by atoms with Gasteiger partial charge in [0.2, 0.25) is 11.2 Å². The van der Waals surface area contributed by atoms with Gasteiger partial charge in [-0.1, -0.05) is 0 Å². The van der Waals surface area contributed by atoms with Gasteiger partial charge in [-0.25, -0.2) is 9.97 Å². The van der Waals surface area contributed by atoms with Crippen LogP contribution in [-0.4, -0.2) is 72.0 Å². The molecule has 1 aliphatic heterocycles. The molecule has 0 unspecified atom stereocenters. The third kappa shape index (κ3) is 4.16. The number of piperazine rings is 1. The van der Waals surface area contributed by atoms with Crippen molar-refractivity contribution in [1.82, 2.24) is 19.8 Å². The first-order valence-corrected chi connectivity index (χ1v) is 9.07. The maximum absolute atomic E-state index is 11.9. The van der Waals surface area contributed by atoms with Gasteiger partial charge in [0.05, 0.1) is 24.6 Å². The lowest BCUT2D eigenvalue weighted by Gasteiger charge is -2.41. The van der Waals surface area contributed by atoms with Gasteiger partial charge in [0, 0.05) is 39.8 Å². The van der Waals surface area contributed by atoms with Crippen molar-refractivity contribution in [3.05, 3.63) is 17.7 Å². The number of halogens is 1. The molecule has 1 aliphatic carbocycles. The molecule has 0 atom stereocenters. The molecule has 7 heteroatoms. The highest BCUT2D eigenvalue weighted by Gasteiger charge is 2.30. The first-order chi connectivity index (χ1) is 11.5. The molecule has 0 spiro atoms. The van der Waals surface area contributed by atoms with E-state index in [-0.39, 0.29) is 11.2 Å². The van der Waals surface area contributed by atoms with Gasteiger partial charge in [-0.3, -0.25) is 9.69 Å². The fourth-order valence-corrected chi connectivity index (χ4v) is 3.87. The van der Waals surface area contributed by atoms with Crippen molar-refractivity contribution in [2.24, 2.45) is 5.92 Å². The van der Waals surface area contributed by atoms with E-state index in [4.69, 9.17) is 11.6 Å². The van der Waals surface area contributed by atoms with E-state index >= 15 is 0 Å². The minimum atomic E-state index is 0.255. The van der Waals surface area contributed by atoms with Gasteiger partial charge in [-0.2, -0.15) is 0 Å². The smallest absolute Gasteiger partial charge is 0.236 e. The summed E-state index contributed by atoms with van der Waals surface area (Å²) in [5.74, 6) is 0.941. The summed E-state index contributed by atoms with van der Waals surface area (Å²) in [5.41, 5.74) is 1.01. The number of carbonyl (C=O) groups is 1. The molecule has 1 amide bonds. The van der Waals surface area contributed by atoms with E-state index < -0.39 is 0 Å². The molecule has 1 aromatic rings. The second kappa shape index (κ2) is 7.66. The van der Waals surface area contributed by atoms with Gasteiger partial charge in [0.1, 0.15) is 0 Å². The molecular weight excluding hydrogens is 326 g/mol. The van der Waals surface area contributed by atoms with Crippen molar-refractivity contribution >= 4 is 23.2 Å². The summed E-state index contributed by atoms with van der Waals surface area (Å²) in [7, 11) is 3.98. The van der Waals surface area contributed by atoms with Crippen molar-refractivity contribution in [2.75, 3.05) is 45.2 Å². The van der Waals surface area contributed by atoms with Crippen LogP contribution >= 0.6 is 11.6 Å². The molecule has 132 valence electrons. The standard InChI is InChI=1S/C17H26ClN5O/c1-21-7-8-23(12-16(21)24)14-5-3-13(4-6-14)11-22(2)15-9-19-17(18)20-10-15/h9-10,13-14H,3-8,11-12H2,1-2H3. The fraction of sp³-hybridized carbons (Fsp3) is 0.706. The molecule has 24 heavy (non-hydrogen) atoms. The Morgan fingerprint density at radius 2 is 1.88 bits per heavy atom. The van der Waals surface area contributed by atoms with Gasteiger partial charge >= 0.3 is 0 Å². The molecular formula is C17H26ClN5O. The highest BCUT2D eigenvalue weighted by Crippen LogP contribution is 2.29. The third-order valence-corrected chi connectivity index (χ3v) is 5.59. The molecule has 1 saturated heterocycles. The van der Waals surface area contributed by atoms with Crippen LogP contribution in [0.15, 0.2) is 12.4 Å². The molecule has 0 aromatic carbocycles. The van der Waals surface area contributed by atoms with Crippen LogP contribution in [0.3, 0.4) is 0 Å². The van der Waals surface area contributed by atoms with Crippen LogP contribution < -0.4 is 4.90 Å². The Balaban J connectivity index is 1.46. The lowest BCUT2D eigenvalue weighted by Crippen LogP contribution is -2.53. The lowest BCUT2D eigenvalue weighted by atomic mass is 9.84. The summed E-state index contributed by atoms with van der Waals surface area (Å²) in [6.07, 6.45) is 8.35. The Hall–Kier alpha value is -1.40. The van der Waals surface area contributed by atoms with Crippen molar-refractivity contribution in [2.45, 2.75) is 31.7 Å². The second-order valence-electron chi connectivity index (χ2n) is 7.05.